The maximum atomic E-state index is 11.3. The number of nitro benzene ring substituents is 1. The Labute approximate surface area is 147 Å². The second-order valence-electron chi connectivity index (χ2n) is 5.15. The van der Waals surface area contributed by atoms with Crippen LogP contribution in [0.2, 0.25) is 0 Å². The van der Waals surface area contributed by atoms with E-state index in [0.29, 0.717) is 4.90 Å². The number of para-hydroxylation sites is 3. The molecule has 3 aromatic carbocycles. The van der Waals surface area contributed by atoms with E-state index in [0.717, 1.165) is 21.2 Å². The molecule has 24 heavy (non-hydrogen) atoms. The van der Waals surface area contributed by atoms with Crippen LogP contribution in [0.1, 0.15) is 0 Å². The van der Waals surface area contributed by atoms with Crippen LogP contribution in [0.4, 0.5) is 17.1 Å². The van der Waals surface area contributed by atoms with E-state index in [-0.39, 0.29) is 10.6 Å². The zero-order valence-corrected chi connectivity index (χ0v) is 14.1. The smallest absolute Gasteiger partial charge is 0.278 e. The highest BCUT2D eigenvalue weighted by Crippen LogP contribution is 2.52. The van der Waals surface area contributed by atoms with Crippen LogP contribution in [0.5, 0.6) is 0 Å². The van der Waals surface area contributed by atoms with Crippen LogP contribution >= 0.6 is 23.7 Å². The third-order valence-corrected chi connectivity index (χ3v) is 5.89. The fraction of sp³-hybridized carbons (Fsp3) is 0. The first-order valence-electron chi connectivity index (χ1n) is 7.31. The van der Waals surface area contributed by atoms with Gasteiger partial charge in [0.1, 0.15) is 4.90 Å². The highest BCUT2D eigenvalue weighted by molar-refractivity contribution is 8.02. The summed E-state index contributed by atoms with van der Waals surface area (Å²) in [6.45, 7) is 0. The number of nitro groups is 1. The van der Waals surface area contributed by atoms with Crippen molar-refractivity contribution >= 4 is 40.8 Å². The summed E-state index contributed by atoms with van der Waals surface area (Å²) >= 11 is 3.10. The number of nitrogens with zero attached hydrogens (tertiary/aromatic N) is 2. The van der Waals surface area contributed by atoms with E-state index >= 15 is 0 Å². The molecule has 0 fully saturated rings. The molecule has 118 valence electrons. The standard InChI is InChI=1S/C18H12N2O2S2/c21-20(22)15-9-3-6-12-18(15)24-19-13-7-1-4-10-16(13)23-17-11-5-2-8-14(17)19/h1-12H. The van der Waals surface area contributed by atoms with E-state index < -0.39 is 0 Å². The predicted molar refractivity (Wildman–Crippen MR) is 98.1 cm³/mol. The van der Waals surface area contributed by atoms with Crippen molar-refractivity contribution < 1.29 is 4.92 Å². The van der Waals surface area contributed by atoms with Gasteiger partial charge in [0, 0.05) is 15.9 Å². The lowest BCUT2D eigenvalue weighted by molar-refractivity contribution is -0.387. The molecular weight excluding hydrogens is 340 g/mol. The molecule has 0 saturated carbocycles. The highest BCUT2D eigenvalue weighted by Gasteiger charge is 2.26. The molecule has 0 amide bonds. The first kappa shape index (κ1) is 15.1. The molecule has 1 aliphatic rings. The van der Waals surface area contributed by atoms with Gasteiger partial charge in [-0.15, -0.1) is 0 Å². The van der Waals surface area contributed by atoms with Crippen molar-refractivity contribution in [3.63, 3.8) is 0 Å². The minimum atomic E-state index is -0.334. The Kier molecular flexibility index (Phi) is 3.92. The molecule has 1 aliphatic heterocycles. The van der Waals surface area contributed by atoms with E-state index in [4.69, 9.17) is 0 Å². The number of hydrogen-bond acceptors (Lipinski definition) is 5. The van der Waals surface area contributed by atoms with Crippen molar-refractivity contribution in [1.29, 1.82) is 0 Å². The Morgan fingerprint density at radius 3 is 2.00 bits per heavy atom. The Morgan fingerprint density at radius 2 is 1.38 bits per heavy atom. The summed E-state index contributed by atoms with van der Waals surface area (Å²) < 4.78 is 2.07. The van der Waals surface area contributed by atoms with Crippen molar-refractivity contribution in [3.05, 3.63) is 82.9 Å². The molecule has 3 aromatic rings. The molecule has 4 nitrogen and oxygen atoms in total. The van der Waals surface area contributed by atoms with Gasteiger partial charge in [0.25, 0.3) is 5.69 Å². The molecule has 1 heterocycles. The number of hydrogen-bond donors (Lipinski definition) is 0. The van der Waals surface area contributed by atoms with E-state index in [9.17, 15) is 10.1 Å². The quantitative estimate of drug-likeness (QED) is 0.333. The molecule has 0 spiro atoms. The Morgan fingerprint density at radius 1 is 0.833 bits per heavy atom. The molecule has 0 saturated heterocycles. The lowest BCUT2D eigenvalue weighted by Crippen LogP contribution is -2.12. The monoisotopic (exact) mass is 352 g/mol. The Bertz CT molecular complexity index is 885. The summed E-state index contributed by atoms with van der Waals surface area (Å²) in [5.41, 5.74) is 2.21. The van der Waals surface area contributed by atoms with Crippen molar-refractivity contribution in [2.45, 2.75) is 14.7 Å². The average Bonchev–Trinajstić information content (AvgIpc) is 2.62. The topological polar surface area (TPSA) is 46.4 Å². The summed E-state index contributed by atoms with van der Waals surface area (Å²) in [4.78, 5) is 13.9. The van der Waals surface area contributed by atoms with Crippen molar-refractivity contribution in [2.75, 3.05) is 4.31 Å². The van der Waals surface area contributed by atoms with Gasteiger partial charge in [-0.2, -0.15) is 0 Å². The minimum absolute atomic E-state index is 0.121. The van der Waals surface area contributed by atoms with Crippen LogP contribution in [0.3, 0.4) is 0 Å². The maximum Gasteiger partial charge on any atom is 0.284 e. The summed E-state index contributed by atoms with van der Waals surface area (Å²) in [6.07, 6.45) is 0. The lowest BCUT2D eigenvalue weighted by atomic mass is 10.2. The minimum Gasteiger partial charge on any atom is -0.278 e. The first-order chi connectivity index (χ1) is 11.7. The molecule has 0 aliphatic carbocycles. The predicted octanol–water partition coefficient (Wildman–Crippen LogP) is 5.90. The van der Waals surface area contributed by atoms with Gasteiger partial charge in [0.2, 0.25) is 0 Å². The van der Waals surface area contributed by atoms with Gasteiger partial charge in [-0.25, -0.2) is 0 Å². The molecule has 0 atom stereocenters. The second kappa shape index (κ2) is 6.22. The van der Waals surface area contributed by atoms with Gasteiger partial charge in [-0.05, 0) is 42.3 Å². The van der Waals surface area contributed by atoms with Crippen LogP contribution in [-0.2, 0) is 0 Å². The molecule has 0 N–H and O–H groups in total. The Balaban J connectivity index is 1.83. The van der Waals surface area contributed by atoms with Crippen molar-refractivity contribution in [3.8, 4) is 0 Å². The Hall–Kier alpha value is -2.44. The van der Waals surface area contributed by atoms with E-state index in [1.54, 1.807) is 30.0 Å². The average molecular weight is 352 g/mol. The van der Waals surface area contributed by atoms with Crippen LogP contribution in [-0.4, -0.2) is 4.92 Å². The molecule has 4 rings (SSSR count). The number of anilines is 2. The zero-order chi connectivity index (χ0) is 16.5. The van der Waals surface area contributed by atoms with E-state index in [1.165, 1.54) is 11.9 Å². The van der Waals surface area contributed by atoms with Gasteiger partial charge >= 0.3 is 0 Å². The van der Waals surface area contributed by atoms with Gasteiger partial charge in [0.15, 0.2) is 0 Å². The highest BCUT2D eigenvalue weighted by atomic mass is 32.2. The normalized spacial score (nSPS) is 12.4. The third-order valence-electron chi connectivity index (χ3n) is 3.64. The fourth-order valence-corrected chi connectivity index (χ4v) is 4.81. The van der Waals surface area contributed by atoms with Crippen LogP contribution in [0.25, 0.3) is 0 Å². The zero-order valence-electron chi connectivity index (χ0n) is 12.5. The van der Waals surface area contributed by atoms with Crippen LogP contribution < -0.4 is 4.31 Å². The third kappa shape index (κ3) is 2.64. The summed E-state index contributed by atoms with van der Waals surface area (Å²) in [7, 11) is 0. The van der Waals surface area contributed by atoms with Gasteiger partial charge in [-0.1, -0.05) is 48.2 Å². The molecule has 6 heteroatoms. The molecule has 0 aromatic heterocycles. The van der Waals surface area contributed by atoms with Crippen molar-refractivity contribution in [2.24, 2.45) is 0 Å². The summed E-state index contributed by atoms with van der Waals surface area (Å²) in [6, 6.07) is 23.1. The second-order valence-corrected chi connectivity index (χ2v) is 7.22. The van der Waals surface area contributed by atoms with Gasteiger partial charge < -0.3 is 0 Å². The largest absolute Gasteiger partial charge is 0.284 e. The van der Waals surface area contributed by atoms with Crippen LogP contribution in [0, 0.1) is 10.1 Å². The first-order valence-corrected chi connectivity index (χ1v) is 8.90. The van der Waals surface area contributed by atoms with Crippen molar-refractivity contribution in [1.82, 2.24) is 0 Å². The molecule has 0 radical (unpaired) electrons. The van der Waals surface area contributed by atoms with Crippen LogP contribution in [0.15, 0.2) is 87.5 Å². The summed E-state index contributed by atoms with van der Waals surface area (Å²) in [5.74, 6) is 0. The number of benzene rings is 3. The molecule has 0 bridgehead atoms. The summed E-state index contributed by atoms with van der Waals surface area (Å²) in [5, 5.41) is 11.3. The molecular formula is C18H12N2O2S2. The van der Waals surface area contributed by atoms with Gasteiger partial charge in [-0.3, -0.25) is 14.4 Å². The SMILES string of the molecule is O=[N+]([O-])c1ccccc1SN1c2ccccc2Sc2ccccc21. The van der Waals surface area contributed by atoms with Gasteiger partial charge in [0.05, 0.1) is 16.3 Å². The van der Waals surface area contributed by atoms with E-state index in [2.05, 4.69) is 16.4 Å². The maximum absolute atomic E-state index is 11.3. The van der Waals surface area contributed by atoms with E-state index in [1.807, 2.05) is 42.5 Å². The lowest BCUT2D eigenvalue weighted by Gasteiger charge is -2.31. The molecule has 0 unspecified atom stereocenters. The number of rotatable bonds is 3. The fourth-order valence-electron chi connectivity index (χ4n) is 2.55. The number of fused-ring (bicyclic) bond motifs is 2.